The Morgan fingerprint density at radius 3 is 3.00 bits per heavy atom. The number of rotatable bonds is 7. The summed E-state index contributed by atoms with van der Waals surface area (Å²) >= 11 is 0. The molecule has 1 rings (SSSR count). The highest BCUT2D eigenvalue weighted by molar-refractivity contribution is 5.94. The van der Waals surface area contributed by atoms with E-state index in [9.17, 15) is 4.79 Å². The highest BCUT2D eigenvalue weighted by Crippen LogP contribution is 2.01. The van der Waals surface area contributed by atoms with Crippen LogP contribution in [0.25, 0.3) is 0 Å². The summed E-state index contributed by atoms with van der Waals surface area (Å²) in [5.74, 6) is 5.94. The van der Waals surface area contributed by atoms with Gasteiger partial charge in [0.1, 0.15) is 0 Å². The first-order chi connectivity index (χ1) is 10.1. The predicted molar refractivity (Wildman–Crippen MR) is 80.8 cm³/mol. The molecule has 0 saturated carbocycles. The van der Waals surface area contributed by atoms with Crippen molar-refractivity contribution < 1.29 is 14.6 Å². The molecule has 0 aliphatic carbocycles. The number of hydrogen-bond acceptors (Lipinski definition) is 4. The van der Waals surface area contributed by atoms with E-state index in [4.69, 9.17) is 9.84 Å². The summed E-state index contributed by atoms with van der Waals surface area (Å²) in [6, 6.07) is 1.68. The molecule has 1 aromatic rings. The molecule has 1 heterocycles. The van der Waals surface area contributed by atoms with Gasteiger partial charge >= 0.3 is 0 Å². The maximum atomic E-state index is 11.9. The Hall–Kier alpha value is -1.90. The molecule has 0 fully saturated rings. The minimum absolute atomic E-state index is 0.0248. The van der Waals surface area contributed by atoms with E-state index in [1.165, 1.54) is 6.20 Å². The van der Waals surface area contributed by atoms with E-state index >= 15 is 0 Å². The van der Waals surface area contributed by atoms with Crippen molar-refractivity contribution in [2.75, 3.05) is 26.4 Å². The number of amides is 1. The zero-order valence-corrected chi connectivity index (χ0v) is 12.6. The predicted octanol–water partition coefficient (Wildman–Crippen LogP) is 1.22. The number of aliphatic hydroxyl groups is 1. The molecule has 5 nitrogen and oxygen atoms in total. The van der Waals surface area contributed by atoms with Crippen LogP contribution in [0, 0.1) is 17.8 Å². The Balaban J connectivity index is 2.44. The van der Waals surface area contributed by atoms with Gasteiger partial charge in [-0.2, -0.15) is 0 Å². The fraction of sp³-hybridized carbons (Fsp3) is 0.500. The SMILES string of the molecule is CC(C)COCCNC(=O)c1cncc(C#CCCO)c1. The van der Waals surface area contributed by atoms with Gasteiger partial charge in [-0.3, -0.25) is 9.78 Å². The number of aromatic nitrogens is 1. The lowest BCUT2D eigenvalue weighted by Crippen LogP contribution is -2.27. The van der Waals surface area contributed by atoms with E-state index in [0.717, 1.165) is 0 Å². The summed E-state index contributed by atoms with van der Waals surface area (Å²) in [7, 11) is 0. The molecule has 0 aliphatic heterocycles. The van der Waals surface area contributed by atoms with Crippen LogP contribution in [-0.4, -0.2) is 42.4 Å². The van der Waals surface area contributed by atoms with Crippen LogP contribution in [0.3, 0.4) is 0 Å². The van der Waals surface area contributed by atoms with Gasteiger partial charge in [0.25, 0.3) is 5.91 Å². The van der Waals surface area contributed by atoms with Crippen molar-refractivity contribution in [1.82, 2.24) is 10.3 Å². The molecule has 0 aromatic carbocycles. The maximum absolute atomic E-state index is 11.9. The largest absolute Gasteiger partial charge is 0.395 e. The number of pyridine rings is 1. The second-order valence-corrected chi connectivity index (χ2v) is 4.96. The van der Waals surface area contributed by atoms with Crippen LogP contribution in [0.15, 0.2) is 18.5 Å². The highest BCUT2D eigenvalue weighted by atomic mass is 16.5. The van der Waals surface area contributed by atoms with Crippen molar-refractivity contribution in [2.24, 2.45) is 5.92 Å². The van der Waals surface area contributed by atoms with Crippen LogP contribution < -0.4 is 5.32 Å². The molecule has 2 N–H and O–H groups in total. The third-order valence-electron chi connectivity index (χ3n) is 2.45. The summed E-state index contributed by atoms with van der Waals surface area (Å²) in [5.41, 5.74) is 1.13. The number of ether oxygens (including phenoxy) is 1. The first-order valence-electron chi connectivity index (χ1n) is 7.04. The third-order valence-corrected chi connectivity index (χ3v) is 2.45. The normalized spacial score (nSPS) is 10.1. The van der Waals surface area contributed by atoms with Crippen molar-refractivity contribution in [3.8, 4) is 11.8 Å². The van der Waals surface area contributed by atoms with Crippen LogP contribution in [0.1, 0.15) is 36.2 Å². The van der Waals surface area contributed by atoms with E-state index in [1.807, 2.05) is 0 Å². The molecule has 0 bridgehead atoms. The highest BCUT2D eigenvalue weighted by Gasteiger charge is 2.05. The van der Waals surface area contributed by atoms with E-state index in [2.05, 4.69) is 36.0 Å². The van der Waals surface area contributed by atoms with E-state index < -0.39 is 0 Å². The van der Waals surface area contributed by atoms with Crippen molar-refractivity contribution in [1.29, 1.82) is 0 Å². The second kappa shape index (κ2) is 9.92. The van der Waals surface area contributed by atoms with Crippen LogP contribution >= 0.6 is 0 Å². The minimum Gasteiger partial charge on any atom is -0.395 e. The van der Waals surface area contributed by atoms with Crippen molar-refractivity contribution in [3.63, 3.8) is 0 Å². The molecule has 5 heteroatoms. The fourth-order valence-electron chi connectivity index (χ4n) is 1.51. The maximum Gasteiger partial charge on any atom is 0.252 e. The molecule has 0 unspecified atom stereocenters. The van der Waals surface area contributed by atoms with Gasteiger partial charge in [-0.1, -0.05) is 25.7 Å². The molecule has 1 amide bonds. The van der Waals surface area contributed by atoms with Gasteiger partial charge < -0.3 is 15.2 Å². The van der Waals surface area contributed by atoms with Gasteiger partial charge in [0.15, 0.2) is 0 Å². The summed E-state index contributed by atoms with van der Waals surface area (Å²) in [5, 5.41) is 11.4. The van der Waals surface area contributed by atoms with Crippen molar-refractivity contribution >= 4 is 5.91 Å². The summed E-state index contributed by atoms with van der Waals surface area (Å²) in [4.78, 5) is 15.9. The van der Waals surface area contributed by atoms with E-state index in [0.29, 0.717) is 43.2 Å². The monoisotopic (exact) mass is 290 g/mol. The van der Waals surface area contributed by atoms with Crippen LogP contribution in [0.5, 0.6) is 0 Å². The number of nitrogens with zero attached hydrogens (tertiary/aromatic N) is 1. The van der Waals surface area contributed by atoms with Gasteiger partial charge in [0, 0.05) is 37.5 Å². The first-order valence-corrected chi connectivity index (χ1v) is 7.04. The van der Waals surface area contributed by atoms with Gasteiger partial charge in [0.05, 0.1) is 18.8 Å². The smallest absolute Gasteiger partial charge is 0.252 e. The Kier molecular flexibility index (Phi) is 8.10. The van der Waals surface area contributed by atoms with Gasteiger partial charge in [-0.15, -0.1) is 0 Å². The average molecular weight is 290 g/mol. The molecule has 0 aliphatic rings. The molecule has 21 heavy (non-hydrogen) atoms. The zero-order chi connectivity index (χ0) is 15.5. The molecule has 114 valence electrons. The summed E-state index contributed by atoms with van der Waals surface area (Å²) < 4.78 is 5.39. The molecular formula is C16H22N2O3. The van der Waals surface area contributed by atoms with Crippen molar-refractivity contribution in [2.45, 2.75) is 20.3 Å². The van der Waals surface area contributed by atoms with Gasteiger partial charge in [0.2, 0.25) is 0 Å². The van der Waals surface area contributed by atoms with Gasteiger partial charge in [-0.05, 0) is 12.0 Å². The number of carbonyl (C=O) groups excluding carboxylic acids is 1. The number of hydrogen-bond donors (Lipinski definition) is 2. The van der Waals surface area contributed by atoms with E-state index in [1.54, 1.807) is 12.3 Å². The second-order valence-electron chi connectivity index (χ2n) is 4.96. The Morgan fingerprint density at radius 1 is 1.48 bits per heavy atom. The molecule has 0 spiro atoms. The Bertz CT molecular complexity index is 504. The van der Waals surface area contributed by atoms with Crippen LogP contribution in [0.2, 0.25) is 0 Å². The van der Waals surface area contributed by atoms with Crippen molar-refractivity contribution in [3.05, 3.63) is 29.6 Å². The van der Waals surface area contributed by atoms with Crippen LogP contribution in [-0.2, 0) is 4.74 Å². The number of carbonyl (C=O) groups is 1. The molecule has 1 aromatic heterocycles. The fourth-order valence-corrected chi connectivity index (χ4v) is 1.51. The lowest BCUT2D eigenvalue weighted by atomic mass is 10.2. The quantitative estimate of drug-likeness (QED) is 0.585. The summed E-state index contributed by atoms with van der Waals surface area (Å²) in [6.45, 7) is 5.82. The lowest BCUT2D eigenvalue weighted by Gasteiger charge is -2.08. The molecule has 0 atom stereocenters. The summed E-state index contributed by atoms with van der Waals surface area (Å²) in [6.07, 6.45) is 3.50. The zero-order valence-electron chi connectivity index (χ0n) is 12.6. The molecule has 0 radical (unpaired) electrons. The molecule has 0 saturated heterocycles. The average Bonchev–Trinajstić information content (AvgIpc) is 2.47. The Morgan fingerprint density at radius 2 is 2.29 bits per heavy atom. The van der Waals surface area contributed by atoms with Gasteiger partial charge in [-0.25, -0.2) is 0 Å². The minimum atomic E-state index is -0.193. The van der Waals surface area contributed by atoms with Crippen LogP contribution in [0.4, 0.5) is 0 Å². The standard InChI is InChI=1S/C16H22N2O3/c1-13(2)12-21-8-6-18-16(20)15-9-14(10-17-11-15)5-3-4-7-19/h9-11,13,19H,4,6-8,12H2,1-2H3,(H,18,20). The third kappa shape index (κ3) is 7.45. The number of aliphatic hydroxyl groups excluding tert-OH is 1. The van der Waals surface area contributed by atoms with E-state index in [-0.39, 0.29) is 12.5 Å². The topological polar surface area (TPSA) is 71.5 Å². The lowest BCUT2D eigenvalue weighted by molar-refractivity contribution is 0.0886. The Labute approximate surface area is 125 Å². The number of nitrogens with one attached hydrogen (secondary N) is 1. The first kappa shape index (κ1) is 17.2. The molecular weight excluding hydrogens is 268 g/mol.